The molecule has 21 heavy (non-hydrogen) atoms. The van der Waals surface area contributed by atoms with Crippen LogP contribution < -0.4 is 5.32 Å². The Bertz CT molecular complexity index is 653. The molecule has 2 amide bonds. The average molecular weight is 299 g/mol. The maximum atomic E-state index is 11.8. The maximum absolute atomic E-state index is 11.8. The molecule has 3 nitrogen and oxygen atoms in total. The molecule has 0 unspecified atom stereocenters. The molecule has 2 rings (SSSR count). The predicted octanol–water partition coefficient (Wildman–Crippen LogP) is 3.35. The third kappa shape index (κ3) is 4.46. The van der Waals surface area contributed by atoms with Gasteiger partial charge in [0.1, 0.15) is 0 Å². The lowest BCUT2D eigenvalue weighted by Crippen LogP contribution is -2.31. The van der Waals surface area contributed by atoms with Crippen molar-refractivity contribution in [2.45, 2.75) is 18.7 Å². The van der Waals surface area contributed by atoms with Crippen LogP contribution in [0, 0.1) is 13.8 Å². The number of nitrogens with one attached hydrogen (secondary N) is 1. The van der Waals surface area contributed by atoms with E-state index in [-0.39, 0.29) is 17.6 Å². The van der Waals surface area contributed by atoms with Crippen molar-refractivity contribution in [2.24, 2.45) is 0 Å². The second kappa shape index (κ2) is 7.09. The van der Waals surface area contributed by atoms with E-state index < -0.39 is 0 Å². The molecule has 0 saturated heterocycles. The summed E-state index contributed by atoms with van der Waals surface area (Å²) < 4.78 is 0. The summed E-state index contributed by atoms with van der Waals surface area (Å²) in [5.41, 5.74) is 2.78. The van der Waals surface area contributed by atoms with Crippen LogP contribution in [0.25, 0.3) is 0 Å². The van der Waals surface area contributed by atoms with Gasteiger partial charge in [0.05, 0.1) is 5.75 Å². The van der Waals surface area contributed by atoms with Gasteiger partial charge in [0.25, 0.3) is 5.91 Å². The Kier molecular flexibility index (Phi) is 5.17. The van der Waals surface area contributed by atoms with Crippen LogP contribution in [0.4, 0.5) is 0 Å². The number of imide groups is 1. The van der Waals surface area contributed by atoms with Crippen molar-refractivity contribution in [1.82, 2.24) is 5.32 Å². The van der Waals surface area contributed by atoms with E-state index in [0.717, 1.165) is 16.0 Å². The highest BCUT2D eigenvalue weighted by Gasteiger charge is 2.10. The van der Waals surface area contributed by atoms with Crippen LogP contribution in [0.3, 0.4) is 0 Å². The number of rotatable bonds is 4. The van der Waals surface area contributed by atoms with Crippen LogP contribution in [-0.4, -0.2) is 17.6 Å². The fourth-order valence-electron chi connectivity index (χ4n) is 1.83. The van der Waals surface area contributed by atoms with E-state index >= 15 is 0 Å². The van der Waals surface area contributed by atoms with Gasteiger partial charge in [0.15, 0.2) is 0 Å². The Morgan fingerprint density at radius 1 is 1.05 bits per heavy atom. The van der Waals surface area contributed by atoms with Gasteiger partial charge in [-0.15, -0.1) is 11.8 Å². The van der Waals surface area contributed by atoms with E-state index in [1.165, 1.54) is 11.8 Å². The van der Waals surface area contributed by atoms with Gasteiger partial charge < -0.3 is 0 Å². The van der Waals surface area contributed by atoms with Crippen LogP contribution in [0.15, 0.2) is 53.4 Å². The zero-order valence-corrected chi connectivity index (χ0v) is 12.9. The van der Waals surface area contributed by atoms with Crippen LogP contribution in [0.1, 0.15) is 21.5 Å². The number of aryl methyl sites for hydroxylation is 2. The average Bonchev–Trinajstić information content (AvgIpc) is 2.49. The van der Waals surface area contributed by atoms with Crippen molar-refractivity contribution >= 4 is 23.6 Å². The molecule has 4 heteroatoms. The first kappa shape index (κ1) is 15.3. The van der Waals surface area contributed by atoms with E-state index in [1.807, 2.05) is 38.1 Å². The summed E-state index contributed by atoms with van der Waals surface area (Å²) in [7, 11) is 0. The van der Waals surface area contributed by atoms with Gasteiger partial charge in [-0.1, -0.05) is 35.9 Å². The number of carbonyl (C=O) groups excluding carboxylic acids is 2. The summed E-state index contributed by atoms with van der Waals surface area (Å²) in [5.74, 6) is -0.417. The lowest BCUT2D eigenvalue weighted by Gasteiger charge is -2.07. The van der Waals surface area contributed by atoms with E-state index in [2.05, 4.69) is 5.32 Å². The van der Waals surface area contributed by atoms with Gasteiger partial charge in [-0.3, -0.25) is 14.9 Å². The van der Waals surface area contributed by atoms with Crippen molar-refractivity contribution in [1.29, 1.82) is 0 Å². The minimum absolute atomic E-state index is 0.225. The molecule has 0 aliphatic rings. The SMILES string of the molecule is Cc1ccc(C)c(SCC(=O)NC(=O)c2ccccc2)c1. The molecule has 1 N–H and O–H groups in total. The van der Waals surface area contributed by atoms with Crippen LogP contribution in [0.5, 0.6) is 0 Å². The Labute approximate surface area is 128 Å². The first-order chi connectivity index (χ1) is 10.1. The number of benzene rings is 2. The third-order valence-electron chi connectivity index (χ3n) is 2.99. The molecular formula is C17H17NO2S. The number of amides is 2. The number of thioether (sulfide) groups is 1. The van der Waals surface area contributed by atoms with Crippen LogP contribution in [-0.2, 0) is 4.79 Å². The Morgan fingerprint density at radius 2 is 1.76 bits per heavy atom. The Balaban J connectivity index is 1.91. The topological polar surface area (TPSA) is 46.2 Å². The van der Waals surface area contributed by atoms with E-state index in [1.54, 1.807) is 24.3 Å². The van der Waals surface area contributed by atoms with Crippen molar-refractivity contribution in [3.63, 3.8) is 0 Å². The quantitative estimate of drug-likeness (QED) is 0.881. The predicted molar refractivity (Wildman–Crippen MR) is 85.6 cm³/mol. The third-order valence-corrected chi connectivity index (χ3v) is 4.15. The Hall–Kier alpha value is -2.07. The van der Waals surface area contributed by atoms with E-state index in [4.69, 9.17) is 0 Å². The minimum atomic E-state index is -0.359. The second-order valence-electron chi connectivity index (χ2n) is 4.80. The van der Waals surface area contributed by atoms with Gasteiger partial charge >= 0.3 is 0 Å². The standard InChI is InChI=1S/C17H17NO2S/c1-12-8-9-13(2)15(10-12)21-11-16(19)18-17(20)14-6-4-3-5-7-14/h3-10H,11H2,1-2H3,(H,18,19,20). The zero-order chi connectivity index (χ0) is 15.2. The highest BCUT2D eigenvalue weighted by atomic mass is 32.2. The van der Waals surface area contributed by atoms with Gasteiger partial charge in [0.2, 0.25) is 5.91 Å². The van der Waals surface area contributed by atoms with Crippen molar-refractivity contribution in [2.75, 3.05) is 5.75 Å². The molecule has 0 radical (unpaired) electrons. The van der Waals surface area contributed by atoms with Crippen molar-refractivity contribution in [3.8, 4) is 0 Å². The maximum Gasteiger partial charge on any atom is 0.257 e. The van der Waals surface area contributed by atoms with Gasteiger partial charge in [-0.05, 0) is 37.6 Å². The summed E-state index contributed by atoms with van der Waals surface area (Å²) in [6, 6.07) is 14.8. The lowest BCUT2D eigenvalue weighted by molar-refractivity contribution is -0.117. The first-order valence-electron chi connectivity index (χ1n) is 6.65. The largest absolute Gasteiger partial charge is 0.292 e. The smallest absolute Gasteiger partial charge is 0.257 e. The highest BCUT2D eigenvalue weighted by molar-refractivity contribution is 8.00. The van der Waals surface area contributed by atoms with Gasteiger partial charge in [-0.25, -0.2) is 0 Å². The molecule has 0 spiro atoms. The van der Waals surface area contributed by atoms with Crippen LogP contribution in [0.2, 0.25) is 0 Å². The van der Waals surface area contributed by atoms with Crippen molar-refractivity contribution in [3.05, 3.63) is 65.2 Å². The summed E-state index contributed by atoms with van der Waals surface area (Å²) >= 11 is 1.44. The Morgan fingerprint density at radius 3 is 2.48 bits per heavy atom. The number of carbonyl (C=O) groups is 2. The molecule has 0 atom stereocenters. The molecule has 2 aromatic rings. The van der Waals surface area contributed by atoms with Crippen LogP contribution >= 0.6 is 11.8 Å². The molecule has 0 bridgehead atoms. The molecular weight excluding hydrogens is 282 g/mol. The molecule has 0 fully saturated rings. The molecule has 108 valence electrons. The highest BCUT2D eigenvalue weighted by Crippen LogP contribution is 2.23. The molecule has 0 heterocycles. The van der Waals surface area contributed by atoms with E-state index in [9.17, 15) is 9.59 Å². The normalized spacial score (nSPS) is 10.2. The number of hydrogen-bond donors (Lipinski definition) is 1. The molecule has 0 aromatic heterocycles. The molecule has 0 saturated carbocycles. The zero-order valence-electron chi connectivity index (χ0n) is 12.1. The summed E-state index contributed by atoms with van der Waals surface area (Å²) in [6.07, 6.45) is 0. The monoisotopic (exact) mass is 299 g/mol. The molecule has 2 aromatic carbocycles. The van der Waals surface area contributed by atoms with Gasteiger partial charge in [0, 0.05) is 10.5 Å². The minimum Gasteiger partial charge on any atom is -0.292 e. The fraction of sp³-hybridized carbons (Fsp3) is 0.176. The van der Waals surface area contributed by atoms with Crippen molar-refractivity contribution < 1.29 is 9.59 Å². The second-order valence-corrected chi connectivity index (χ2v) is 5.82. The first-order valence-corrected chi connectivity index (χ1v) is 7.64. The summed E-state index contributed by atoms with van der Waals surface area (Å²) in [5, 5.41) is 2.40. The van der Waals surface area contributed by atoms with E-state index in [0.29, 0.717) is 5.56 Å². The lowest BCUT2D eigenvalue weighted by atomic mass is 10.2. The summed E-state index contributed by atoms with van der Waals surface area (Å²) in [6.45, 7) is 4.03. The fourth-order valence-corrected chi connectivity index (χ4v) is 2.75. The number of hydrogen-bond acceptors (Lipinski definition) is 3. The molecule has 0 aliphatic carbocycles. The van der Waals surface area contributed by atoms with Gasteiger partial charge in [-0.2, -0.15) is 0 Å². The molecule has 0 aliphatic heterocycles. The summed E-state index contributed by atoms with van der Waals surface area (Å²) in [4.78, 5) is 24.8.